The fraction of sp³-hybridized carbons (Fsp3) is 0.300. The van der Waals surface area contributed by atoms with E-state index >= 15 is 0 Å². The molecule has 27 heavy (non-hydrogen) atoms. The maximum Gasteiger partial charge on any atom is 0.220 e. The van der Waals surface area contributed by atoms with Crippen LogP contribution in [0.5, 0.6) is 0 Å². The molecule has 0 atom stereocenters. The van der Waals surface area contributed by atoms with Crippen molar-refractivity contribution in [2.24, 2.45) is 0 Å². The lowest BCUT2D eigenvalue weighted by Crippen LogP contribution is -2.28. The molecule has 0 saturated heterocycles. The number of anilines is 1. The minimum atomic E-state index is 0.0730. The quantitative estimate of drug-likeness (QED) is 0.570. The van der Waals surface area contributed by atoms with Gasteiger partial charge in [-0.25, -0.2) is 14.6 Å². The molecule has 0 spiro atoms. The van der Waals surface area contributed by atoms with E-state index < -0.39 is 0 Å². The topological polar surface area (TPSA) is 84.7 Å². The number of rotatable bonds is 9. The second kappa shape index (κ2) is 9.47. The third-order valence-corrected chi connectivity index (χ3v) is 4.03. The molecule has 0 saturated carbocycles. The molecule has 0 aliphatic carbocycles. The number of amides is 1. The molecule has 0 radical (unpaired) electrons. The molecule has 0 unspecified atom stereocenters. The van der Waals surface area contributed by atoms with Crippen LogP contribution in [0.2, 0.25) is 0 Å². The molecule has 0 fully saturated rings. The third-order valence-electron chi connectivity index (χ3n) is 4.03. The lowest BCUT2D eigenvalue weighted by molar-refractivity contribution is -0.121. The lowest BCUT2D eigenvalue weighted by Gasteiger charge is -2.09. The summed E-state index contributed by atoms with van der Waals surface area (Å²) >= 11 is 0. The summed E-state index contributed by atoms with van der Waals surface area (Å²) in [5, 5.41) is 10.3. The Balaban J connectivity index is 1.38. The van der Waals surface area contributed by atoms with Crippen LogP contribution in [0.1, 0.15) is 24.2 Å². The zero-order chi connectivity index (χ0) is 18.9. The number of nitrogens with one attached hydrogen (secondary N) is 2. The van der Waals surface area contributed by atoms with Gasteiger partial charge < -0.3 is 10.6 Å². The summed E-state index contributed by atoms with van der Waals surface area (Å²) < 4.78 is 1.69. The van der Waals surface area contributed by atoms with Gasteiger partial charge in [-0.3, -0.25) is 4.79 Å². The summed E-state index contributed by atoms with van der Waals surface area (Å²) in [6, 6.07) is 13.9. The highest BCUT2D eigenvalue weighted by molar-refractivity contribution is 5.75. The van der Waals surface area contributed by atoms with Crippen LogP contribution in [0.25, 0.3) is 5.82 Å². The first kappa shape index (κ1) is 18.6. The van der Waals surface area contributed by atoms with E-state index in [4.69, 9.17) is 0 Å². The lowest BCUT2D eigenvalue weighted by atomic mass is 10.1. The summed E-state index contributed by atoms with van der Waals surface area (Å²) in [6.07, 6.45) is 5.84. The number of nitrogens with zero attached hydrogens (tertiary/aromatic N) is 4. The van der Waals surface area contributed by atoms with Gasteiger partial charge in [-0.1, -0.05) is 30.3 Å². The molecule has 140 valence electrons. The molecule has 3 rings (SSSR count). The van der Waals surface area contributed by atoms with E-state index in [-0.39, 0.29) is 5.91 Å². The van der Waals surface area contributed by atoms with E-state index in [2.05, 4.69) is 37.8 Å². The standard InChI is InChI=1S/C20H24N6O/c1-16-24-18(15-19(25-16)26-14-6-11-23-26)21-12-13-22-20(27)10-5-9-17-7-3-2-4-8-17/h2-4,6-8,11,14-15H,5,9-10,12-13H2,1H3,(H,22,27)(H,21,24,25). The van der Waals surface area contributed by atoms with Crippen molar-refractivity contribution in [3.05, 3.63) is 66.2 Å². The van der Waals surface area contributed by atoms with Gasteiger partial charge in [0.2, 0.25) is 5.91 Å². The van der Waals surface area contributed by atoms with E-state index in [1.807, 2.05) is 43.5 Å². The van der Waals surface area contributed by atoms with Crippen LogP contribution in [0.15, 0.2) is 54.9 Å². The normalized spacial score (nSPS) is 10.6. The SMILES string of the molecule is Cc1nc(NCCNC(=O)CCCc2ccccc2)cc(-n2cccn2)n1. The molecule has 7 nitrogen and oxygen atoms in total. The maximum absolute atomic E-state index is 11.9. The fourth-order valence-electron chi connectivity index (χ4n) is 2.74. The number of carbonyl (C=O) groups is 1. The van der Waals surface area contributed by atoms with Crippen molar-refractivity contribution in [2.75, 3.05) is 18.4 Å². The van der Waals surface area contributed by atoms with Crippen LogP contribution in [-0.2, 0) is 11.2 Å². The predicted molar refractivity (Wildman–Crippen MR) is 105 cm³/mol. The summed E-state index contributed by atoms with van der Waals surface area (Å²) in [7, 11) is 0. The largest absolute Gasteiger partial charge is 0.368 e. The summed E-state index contributed by atoms with van der Waals surface area (Å²) in [6.45, 7) is 2.98. The Morgan fingerprint density at radius 2 is 1.96 bits per heavy atom. The number of aryl methyl sites for hydroxylation is 2. The van der Waals surface area contributed by atoms with Gasteiger partial charge in [0.25, 0.3) is 0 Å². The van der Waals surface area contributed by atoms with Crippen molar-refractivity contribution in [3.63, 3.8) is 0 Å². The first-order valence-corrected chi connectivity index (χ1v) is 9.11. The van der Waals surface area contributed by atoms with Crippen molar-refractivity contribution >= 4 is 11.7 Å². The highest BCUT2D eigenvalue weighted by Gasteiger charge is 2.05. The summed E-state index contributed by atoms with van der Waals surface area (Å²) in [5.74, 6) is 2.16. The van der Waals surface area contributed by atoms with Gasteiger partial charge in [0, 0.05) is 38.0 Å². The first-order valence-electron chi connectivity index (χ1n) is 9.11. The van der Waals surface area contributed by atoms with Gasteiger partial charge in [-0.05, 0) is 31.4 Å². The minimum absolute atomic E-state index is 0.0730. The Hall–Kier alpha value is -3.22. The van der Waals surface area contributed by atoms with E-state index in [0.717, 1.165) is 12.8 Å². The molecule has 7 heteroatoms. The van der Waals surface area contributed by atoms with Crippen LogP contribution in [-0.4, -0.2) is 38.7 Å². The molecule has 2 aromatic heterocycles. The van der Waals surface area contributed by atoms with Gasteiger partial charge in [-0.2, -0.15) is 5.10 Å². The van der Waals surface area contributed by atoms with Crippen molar-refractivity contribution in [1.29, 1.82) is 0 Å². The van der Waals surface area contributed by atoms with Gasteiger partial charge in [-0.15, -0.1) is 0 Å². The average Bonchev–Trinajstić information content (AvgIpc) is 3.21. The molecule has 1 aromatic carbocycles. The zero-order valence-corrected chi connectivity index (χ0v) is 15.4. The smallest absolute Gasteiger partial charge is 0.220 e. The molecule has 2 N–H and O–H groups in total. The molecule has 1 amide bonds. The summed E-state index contributed by atoms with van der Waals surface area (Å²) in [5.41, 5.74) is 1.26. The maximum atomic E-state index is 11.9. The second-order valence-electron chi connectivity index (χ2n) is 6.23. The Morgan fingerprint density at radius 1 is 1.11 bits per heavy atom. The van der Waals surface area contributed by atoms with Crippen molar-refractivity contribution in [1.82, 2.24) is 25.1 Å². The average molecular weight is 364 g/mol. The first-order chi connectivity index (χ1) is 13.2. The summed E-state index contributed by atoms with van der Waals surface area (Å²) in [4.78, 5) is 20.7. The third kappa shape index (κ3) is 5.91. The second-order valence-corrected chi connectivity index (χ2v) is 6.23. The predicted octanol–water partition coefficient (Wildman–Crippen LogP) is 2.52. The van der Waals surface area contributed by atoms with Crippen LogP contribution >= 0.6 is 0 Å². The Morgan fingerprint density at radius 3 is 2.74 bits per heavy atom. The Labute approximate surface area is 158 Å². The molecule has 2 heterocycles. The monoisotopic (exact) mass is 364 g/mol. The highest BCUT2D eigenvalue weighted by atomic mass is 16.1. The molecular formula is C20H24N6O. The van der Waals surface area contributed by atoms with E-state index in [1.54, 1.807) is 10.9 Å². The molecular weight excluding hydrogens is 340 g/mol. The van der Waals surface area contributed by atoms with Crippen molar-refractivity contribution in [3.8, 4) is 5.82 Å². The number of hydrogen-bond acceptors (Lipinski definition) is 5. The minimum Gasteiger partial charge on any atom is -0.368 e. The van der Waals surface area contributed by atoms with Crippen molar-refractivity contribution < 1.29 is 4.79 Å². The van der Waals surface area contributed by atoms with Crippen LogP contribution in [0.4, 0.5) is 5.82 Å². The number of aromatic nitrogens is 4. The van der Waals surface area contributed by atoms with Crippen LogP contribution in [0, 0.1) is 6.92 Å². The number of benzene rings is 1. The van der Waals surface area contributed by atoms with Gasteiger partial charge in [0.15, 0.2) is 5.82 Å². The van der Waals surface area contributed by atoms with Gasteiger partial charge in [0.05, 0.1) is 0 Å². The fourth-order valence-corrected chi connectivity index (χ4v) is 2.74. The van der Waals surface area contributed by atoms with Crippen LogP contribution in [0.3, 0.4) is 0 Å². The van der Waals surface area contributed by atoms with E-state index in [1.165, 1.54) is 5.56 Å². The zero-order valence-electron chi connectivity index (χ0n) is 15.4. The van der Waals surface area contributed by atoms with Gasteiger partial charge >= 0.3 is 0 Å². The highest BCUT2D eigenvalue weighted by Crippen LogP contribution is 2.09. The van der Waals surface area contributed by atoms with Gasteiger partial charge in [0.1, 0.15) is 11.6 Å². The molecule has 0 bridgehead atoms. The number of hydrogen-bond donors (Lipinski definition) is 2. The van der Waals surface area contributed by atoms with Crippen LogP contribution < -0.4 is 10.6 Å². The van der Waals surface area contributed by atoms with E-state index in [9.17, 15) is 4.79 Å². The Bertz CT molecular complexity index is 848. The molecule has 0 aliphatic heterocycles. The molecule has 3 aromatic rings. The van der Waals surface area contributed by atoms with E-state index in [0.29, 0.717) is 37.0 Å². The van der Waals surface area contributed by atoms with Crippen molar-refractivity contribution in [2.45, 2.75) is 26.2 Å². The number of carbonyl (C=O) groups excluding carboxylic acids is 1. The Kier molecular flexibility index (Phi) is 6.51. The molecule has 0 aliphatic rings.